The first-order valence-corrected chi connectivity index (χ1v) is 5.38. The van der Waals surface area contributed by atoms with Crippen LogP contribution in [0.3, 0.4) is 0 Å². The Morgan fingerprint density at radius 1 is 1.79 bits per heavy atom. The molecular formula is C9H14N2O2S. The minimum atomic E-state index is -0.992. The van der Waals surface area contributed by atoms with Gasteiger partial charge in [-0.05, 0) is 13.3 Å². The zero-order valence-corrected chi connectivity index (χ0v) is 9.10. The predicted octanol–water partition coefficient (Wildman–Crippen LogP) is 1.41. The SMILES string of the molecule is CCCc1cnc(NC(=O)C(C)O)s1. The molecule has 2 N–H and O–H groups in total. The summed E-state index contributed by atoms with van der Waals surface area (Å²) < 4.78 is 0. The highest BCUT2D eigenvalue weighted by atomic mass is 32.1. The number of nitrogens with zero attached hydrogens (tertiary/aromatic N) is 1. The maximum Gasteiger partial charge on any atom is 0.254 e. The van der Waals surface area contributed by atoms with Gasteiger partial charge in [0.2, 0.25) is 0 Å². The molecule has 0 aliphatic carbocycles. The number of hydrogen-bond acceptors (Lipinski definition) is 4. The number of carbonyl (C=O) groups excluding carboxylic acids is 1. The molecule has 0 saturated carbocycles. The van der Waals surface area contributed by atoms with Gasteiger partial charge in [-0.15, -0.1) is 11.3 Å². The lowest BCUT2D eigenvalue weighted by Gasteiger charge is -2.02. The molecule has 0 saturated heterocycles. The van der Waals surface area contributed by atoms with E-state index in [4.69, 9.17) is 5.11 Å². The van der Waals surface area contributed by atoms with Gasteiger partial charge in [0.1, 0.15) is 6.10 Å². The highest BCUT2D eigenvalue weighted by Gasteiger charge is 2.10. The lowest BCUT2D eigenvalue weighted by Crippen LogP contribution is -2.24. The number of nitrogens with one attached hydrogen (secondary N) is 1. The van der Waals surface area contributed by atoms with Crippen molar-refractivity contribution >= 4 is 22.4 Å². The molecular weight excluding hydrogens is 200 g/mol. The highest BCUT2D eigenvalue weighted by Crippen LogP contribution is 2.19. The van der Waals surface area contributed by atoms with E-state index in [0.29, 0.717) is 5.13 Å². The van der Waals surface area contributed by atoms with Gasteiger partial charge in [-0.3, -0.25) is 10.1 Å². The van der Waals surface area contributed by atoms with Crippen LogP contribution in [0, 0.1) is 0 Å². The highest BCUT2D eigenvalue weighted by molar-refractivity contribution is 7.15. The number of carbonyl (C=O) groups is 1. The summed E-state index contributed by atoms with van der Waals surface area (Å²) in [7, 11) is 0. The van der Waals surface area contributed by atoms with Gasteiger partial charge in [0, 0.05) is 11.1 Å². The first kappa shape index (κ1) is 11.1. The summed E-state index contributed by atoms with van der Waals surface area (Å²) in [5, 5.41) is 12.1. The van der Waals surface area contributed by atoms with Crippen molar-refractivity contribution in [1.82, 2.24) is 4.98 Å². The zero-order valence-electron chi connectivity index (χ0n) is 8.28. The Labute approximate surface area is 87.0 Å². The Morgan fingerprint density at radius 2 is 2.50 bits per heavy atom. The fourth-order valence-corrected chi connectivity index (χ4v) is 1.85. The van der Waals surface area contributed by atoms with Gasteiger partial charge in [-0.1, -0.05) is 13.3 Å². The summed E-state index contributed by atoms with van der Waals surface area (Å²) in [6.45, 7) is 3.52. The van der Waals surface area contributed by atoms with Crippen molar-refractivity contribution < 1.29 is 9.90 Å². The van der Waals surface area contributed by atoms with E-state index in [1.54, 1.807) is 6.20 Å². The summed E-state index contributed by atoms with van der Waals surface area (Å²) in [6, 6.07) is 0. The monoisotopic (exact) mass is 214 g/mol. The molecule has 1 rings (SSSR count). The number of aliphatic hydroxyl groups is 1. The molecule has 4 nitrogen and oxygen atoms in total. The maximum atomic E-state index is 11.1. The van der Waals surface area contributed by atoms with Crippen LogP contribution in [-0.4, -0.2) is 22.1 Å². The smallest absolute Gasteiger partial charge is 0.254 e. The number of hydrogen-bond donors (Lipinski definition) is 2. The van der Waals surface area contributed by atoms with Crippen molar-refractivity contribution in [2.45, 2.75) is 32.8 Å². The van der Waals surface area contributed by atoms with Crippen LogP contribution >= 0.6 is 11.3 Å². The Morgan fingerprint density at radius 3 is 3.07 bits per heavy atom. The van der Waals surface area contributed by atoms with Crippen molar-refractivity contribution in [2.75, 3.05) is 5.32 Å². The average Bonchev–Trinajstić information content (AvgIpc) is 2.53. The second kappa shape index (κ2) is 5.07. The number of aromatic nitrogens is 1. The second-order valence-corrected chi connectivity index (χ2v) is 4.16. The molecule has 1 amide bonds. The number of rotatable bonds is 4. The van der Waals surface area contributed by atoms with Crippen molar-refractivity contribution in [1.29, 1.82) is 0 Å². The minimum absolute atomic E-state index is 0.414. The molecule has 1 unspecified atom stereocenters. The first-order valence-electron chi connectivity index (χ1n) is 4.57. The Balaban J connectivity index is 2.55. The molecule has 1 aromatic rings. The Bertz CT molecular complexity index is 310. The van der Waals surface area contributed by atoms with E-state index in [1.165, 1.54) is 18.3 Å². The normalized spacial score (nSPS) is 12.5. The van der Waals surface area contributed by atoms with Crippen LogP contribution in [0.4, 0.5) is 5.13 Å². The Kier molecular flexibility index (Phi) is 4.03. The summed E-state index contributed by atoms with van der Waals surface area (Å²) in [4.78, 5) is 16.3. The largest absolute Gasteiger partial charge is 0.384 e. The van der Waals surface area contributed by atoms with E-state index >= 15 is 0 Å². The fraction of sp³-hybridized carbons (Fsp3) is 0.556. The van der Waals surface area contributed by atoms with Gasteiger partial charge < -0.3 is 5.11 Å². The summed E-state index contributed by atoms with van der Waals surface area (Å²) in [6.07, 6.45) is 2.80. The third-order valence-electron chi connectivity index (χ3n) is 1.66. The van der Waals surface area contributed by atoms with E-state index in [0.717, 1.165) is 17.7 Å². The van der Waals surface area contributed by atoms with Crippen LogP contribution in [0.15, 0.2) is 6.20 Å². The Hall–Kier alpha value is -0.940. The van der Waals surface area contributed by atoms with Crippen molar-refractivity contribution in [2.24, 2.45) is 0 Å². The maximum absolute atomic E-state index is 11.1. The molecule has 14 heavy (non-hydrogen) atoms. The van der Waals surface area contributed by atoms with Crippen LogP contribution in [0.25, 0.3) is 0 Å². The topological polar surface area (TPSA) is 62.2 Å². The van der Waals surface area contributed by atoms with Crippen LogP contribution < -0.4 is 5.32 Å². The quantitative estimate of drug-likeness (QED) is 0.796. The molecule has 0 fully saturated rings. The summed E-state index contributed by atoms with van der Waals surface area (Å²) in [5.74, 6) is -0.414. The molecule has 0 aliphatic rings. The molecule has 0 radical (unpaired) electrons. The van der Waals surface area contributed by atoms with E-state index in [-0.39, 0.29) is 0 Å². The van der Waals surface area contributed by atoms with Gasteiger partial charge in [0.15, 0.2) is 5.13 Å². The molecule has 0 aliphatic heterocycles. The second-order valence-electron chi connectivity index (χ2n) is 3.05. The molecule has 0 bridgehead atoms. The fourth-order valence-electron chi connectivity index (χ4n) is 0.937. The third-order valence-corrected chi connectivity index (χ3v) is 2.63. The van der Waals surface area contributed by atoms with E-state index in [9.17, 15) is 4.79 Å². The number of aryl methyl sites for hydroxylation is 1. The van der Waals surface area contributed by atoms with Gasteiger partial charge in [0.05, 0.1) is 0 Å². The van der Waals surface area contributed by atoms with Crippen molar-refractivity contribution in [3.05, 3.63) is 11.1 Å². The van der Waals surface area contributed by atoms with Gasteiger partial charge in [-0.2, -0.15) is 0 Å². The van der Waals surface area contributed by atoms with E-state index in [1.807, 2.05) is 0 Å². The molecule has 1 aromatic heterocycles. The minimum Gasteiger partial charge on any atom is -0.384 e. The summed E-state index contributed by atoms with van der Waals surface area (Å²) >= 11 is 1.45. The number of amides is 1. The lowest BCUT2D eigenvalue weighted by atomic mass is 10.3. The zero-order chi connectivity index (χ0) is 10.6. The number of thiazole rings is 1. The lowest BCUT2D eigenvalue weighted by molar-refractivity contribution is -0.123. The molecule has 0 spiro atoms. The number of anilines is 1. The van der Waals surface area contributed by atoms with Gasteiger partial charge in [-0.25, -0.2) is 4.98 Å². The first-order chi connectivity index (χ1) is 6.63. The third kappa shape index (κ3) is 3.08. The molecule has 1 atom stereocenters. The average molecular weight is 214 g/mol. The van der Waals surface area contributed by atoms with Gasteiger partial charge >= 0.3 is 0 Å². The van der Waals surface area contributed by atoms with Crippen LogP contribution in [0.5, 0.6) is 0 Å². The van der Waals surface area contributed by atoms with Gasteiger partial charge in [0.25, 0.3) is 5.91 Å². The van der Waals surface area contributed by atoms with Crippen LogP contribution in [0.1, 0.15) is 25.1 Å². The van der Waals surface area contributed by atoms with Crippen LogP contribution in [-0.2, 0) is 11.2 Å². The molecule has 0 aromatic carbocycles. The molecule has 5 heteroatoms. The standard InChI is InChI=1S/C9H14N2O2S/c1-3-4-7-5-10-9(14-7)11-8(13)6(2)12/h5-6,12H,3-4H2,1-2H3,(H,10,11,13). The molecule has 78 valence electrons. The van der Waals surface area contributed by atoms with Crippen molar-refractivity contribution in [3.63, 3.8) is 0 Å². The predicted molar refractivity (Wildman–Crippen MR) is 56.4 cm³/mol. The van der Waals surface area contributed by atoms with E-state index in [2.05, 4.69) is 17.2 Å². The van der Waals surface area contributed by atoms with Crippen LogP contribution in [0.2, 0.25) is 0 Å². The molecule has 1 heterocycles. The van der Waals surface area contributed by atoms with Crippen molar-refractivity contribution in [3.8, 4) is 0 Å². The van der Waals surface area contributed by atoms with E-state index < -0.39 is 12.0 Å². The summed E-state index contributed by atoms with van der Waals surface area (Å²) in [5.41, 5.74) is 0. The number of aliphatic hydroxyl groups excluding tert-OH is 1.